The van der Waals surface area contributed by atoms with Crippen LogP contribution >= 0.6 is 11.8 Å². The van der Waals surface area contributed by atoms with Crippen molar-refractivity contribution < 1.29 is 14.2 Å². The second-order valence-electron chi connectivity index (χ2n) is 7.17. The van der Waals surface area contributed by atoms with Crippen LogP contribution in [0, 0.1) is 0 Å². The van der Waals surface area contributed by atoms with Crippen LogP contribution in [-0.2, 0) is 12.2 Å². The Kier molecular flexibility index (Phi) is 7.57. The second kappa shape index (κ2) is 10.3. The minimum atomic E-state index is 0.441. The molecule has 0 atom stereocenters. The molecule has 6 heteroatoms. The standard InChI is InChI=1S/C24H28N2O3S/c1-6-19-13-23(29-20-9-7-8-18(12-20)16(2)3)26-24(25-19)30-15-17-10-21(27-4)14-22(11-17)28-5/h7-14,16H,6,15H2,1-5H3. The van der Waals surface area contributed by atoms with Gasteiger partial charge in [0.05, 0.1) is 14.2 Å². The van der Waals surface area contributed by atoms with Gasteiger partial charge in [-0.2, -0.15) is 4.98 Å². The van der Waals surface area contributed by atoms with Crippen molar-refractivity contribution in [2.45, 2.75) is 44.0 Å². The van der Waals surface area contributed by atoms with Crippen molar-refractivity contribution in [3.8, 4) is 23.1 Å². The molecule has 0 radical (unpaired) electrons. The number of hydrogen-bond donors (Lipinski definition) is 0. The zero-order valence-corrected chi connectivity index (χ0v) is 19.0. The number of methoxy groups -OCH3 is 2. The Bertz CT molecular complexity index is 970. The molecule has 0 amide bonds. The minimum absolute atomic E-state index is 0.441. The highest BCUT2D eigenvalue weighted by Gasteiger charge is 2.10. The normalized spacial score (nSPS) is 10.9. The summed E-state index contributed by atoms with van der Waals surface area (Å²) in [6, 6.07) is 15.9. The number of benzene rings is 2. The van der Waals surface area contributed by atoms with Crippen LogP contribution in [0.2, 0.25) is 0 Å². The molecule has 1 heterocycles. The predicted molar refractivity (Wildman–Crippen MR) is 121 cm³/mol. The van der Waals surface area contributed by atoms with Gasteiger partial charge >= 0.3 is 0 Å². The highest BCUT2D eigenvalue weighted by molar-refractivity contribution is 7.98. The average molecular weight is 425 g/mol. The lowest BCUT2D eigenvalue weighted by Gasteiger charge is -2.11. The quantitative estimate of drug-likeness (QED) is 0.298. The van der Waals surface area contributed by atoms with E-state index in [9.17, 15) is 0 Å². The van der Waals surface area contributed by atoms with E-state index < -0.39 is 0 Å². The predicted octanol–water partition coefficient (Wildman–Crippen LogP) is 6.26. The van der Waals surface area contributed by atoms with Gasteiger partial charge in [-0.05, 0) is 47.7 Å². The van der Waals surface area contributed by atoms with E-state index in [2.05, 4.69) is 42.9 Å². The Morgan fingerprint density at radius 3 is 2.27 bits per heavy atom. The fourth-order valence-corrected chi connectivity index (χ4v) is 3.70. The van der Waals surface area contributed by atoms with Gasteiger partial charge in [-0.3, -0.25) is 0 Å². The van der Waals surface area contributed by atoms with Crippen LogP contribution < -0.4 is 14.2 Å². The number of thioether (sulfide) groups is 1. The smallest absolute Gasteiger partial charge is 0.223 e. The molecule has 0 unspecified atom stereocenters. The number of nitrogens with zero attached hydrogens (tertiary/aromatic N) is 2. The summed E-state index contributed by atoms with van der Waals surface area (Å²) in [5.74, 6) is 4.02. The Labute approximate surface area is 182 Å². The summed E-state index contributed by atoms with van der Waals surface area (Å²) in [4.78, 5) is 9.27. The molecule has 0 saturated carbocycles. The van der Waals surface area contributed by atoms with Gasteiger partial charge in [-0.15, -0.1) is 0 Å². The van der Waals surface area contributed by atoms with Crippen molar-refractivity contribution >= 4 is 11.8 Å². The van der Waals surface area contributed by atoms with Crippen molar-refractivity contribution in [3.63, 3.8) is 0 Å². The molecule has 0 aliphatic rings. The Hall–Kier alpha value is -2.73. The molecule has 0 aliphatic carbocycles. The second-order valence-corrected chi connectivity index (χ2v) is 8.11. The van der Waals surface area contributed by atoms with Crippen molar-refractivity contribution in [1.29, 1.82) is 0 Å². The van der Waals surface area contributed by atoms with Crippen molar-refractivity contribution in [3.05, 3.63) is 65.4 Å². The molecule has 0 N–H and O–H groups in total. The van der Waals surface area contributed by atoms with Crippen LogP contribution in [-0.4, -0.2) is 24.2 Å². The van der Waals surface area contributed by atoms with Crippen LogP contribution in [0.3, 0.4) is 0 Å². The SMILES string of the molecule is CCc1cc(Oc2cccc(C(C)C)c2)nc(SCc2cc(OC)cc(OC)c2)n1. The third-order valence-electron chi connectivity index (χ3n) is 4.62. The largest absolute Gasteiger partial charge is 0.497 e. The summed E-state index contributed by atoms with van der Waals surface area (Å²) in [6.07, 6.45) is 0.811. The number of rotatable bonds is 9. The van der Waals surface area contributed by atoms with Crippen molar-refractivity contribution in [2.75, 3.05) is 14.2 Å². The summed E-state index contributed by atoms with van der Waals surface area (Å²) in [5, 5.41) is 0.686. The van der Waals surface area contributed by atoms with Crippen LogP contribution in [0.1, 0.15) is 43.5 Å². The molecule has 5 nitrogen and oxygen atoms in total. The van der Waals surface area contributed by atoms with E-state index in [1.165, 1.54) is 5.56 Å². The highest BCUT2D eigenvalue weighted by atomic mass is 32.2. The molecule has 3 rings (SSSR count). The third-order valence-corrected chi connectivity index (χ3v) is 5.54. The van der Waals surface area contributed by atoms with Gasteiger partial charge in [0, 0.05) is 23.6 Å². The molecule has 0 fully saturated rings. The average Bonchev–Trinajstić information content (AvgIpc) is 2.77. The number of aromatic nitrogens is 2. The van der Waals surface area contributed by atoms with Gasteiger partial charge in [-0.25, -0.2) is 4.98 Å². The van der Waals surface area contributed by atoms with Crippen LogP contribution in [0.15, 0.2) is 53.7 Å². The molecular weight excluding hydrogens is 396 g/mol. The number of aryl methyl sites for hydroxylation is 1. The Morgan fingerprint density at radius 1 is 0.900 bits per heavy atom. The third kappa shape index (κ3) is 5.89. The van der Waals surface area contributed by atoms with Crippen LogP contribution in [0.25, 0.3) is 0 Å². The topological polar surface area (TPSA) is 53.5 Å². The summed E-state index contributed by atoms with van der Waals surface area (Å²) < 4.78 is 16.8. The van der Waals surface area contributed by atoms with Crippen LogP contribution in [0.4, 0.5) is 0 Å². The highest BCUT2D eigenvalue weighted by Crippen LogP contribution is 2.29. The Balaban J connectivity index is 1.79. The molecule has 0 spiro atoms. The molecule has 30 heavy (non-hydrogen) atoms. The maximum Gasteiger partial charge on any atom is 0.223 e. The molecule has 0 aliphatic heterocycles. The lowest BCUT2D eigenvalue weighted by Crippen LogP contribution is -1.98. The first kappa shape index (κ1) is 22.0. The fourth-order valence-electron chi connectivity index (χ4n) is 2.90. The minimum Gasteiger partial charge on any atom is -0.497 e. The van der Waals surface area contributed by atoms with E-state index in [0.717, 1.165) is 34.9 Å². The van der Waals surface area contributed by atoms with E-state index >= 15 is 0 Å². The summed E-state index contributed by atoms with van der Waals surface area (Å²) in [7, 11) is 3.30. The lowest BCUT2D eigenvalue weighted by atomic mass is 10.0. The van der Waals surface area contributed by atoms with E-state index in [1.54, 1.807) is 26.0 Å². The molecule has 3 aromatic rings. The maximum atomic E-state index is 6.07. The molecule has 1 aromatic heterocycles. The zero-order valence-electron chi connectivity index (χ0n) is 18.1. The van der Waals surface area contributed by atoms with Gasteiger partial charge in [-0.1, -0.05) is 44.7 Å². The summed E-state index contributed by atoms with van der Waals surface area (Å²) >= 11 is 1.56. The van der Waals surface area contributed by atoms with Crippen molar-refractivity contribution in [2.24, 2.45) is 0 Å². The van der Waals surface area contributed by atoms with Gasteiger partial charge < -0.3 is 14.2 Å². The number of hydrogen-bond acceptors (Lipinski definition) is 6. The van der Waals surface area contributed by atoms with E-state index in [0.29, 0.717) is 22.7 Å². The molecule has 0 saturated heterocycles. The Morgan fingerprint density at radius 2 is 1.63 bits per heavy atom. The first-order chi connectivity index (χ1) is 14.5. The van der Waals surface area contributed by atoms with Gasteiger partial charge in [0.1, 0.15) is 17.2 Å². The maximum absolute atomic E-state index is 6.07. The zero-order chi connectivity index (χ0) is 21.5. The molecule has 2 aromatic carbocycles. The van der Waals surface area contributed by atoms with E-state index in [4.69, 9.17) is 14.2 Å². The van der Waals surface area contributed by atoms with Crippen molar-refractivity contribution in [1.82, 2.24) is 9.97 Å². The summed E-state index contributed by atoms with van der Waals surface area (Å²) in [6.45, 7) is 6.41. The first-order valence-electron chi connectivity index (χ1n) is 10.0. The monoisotopic (exact) mass is 424 g/mol. The van der Waals surface area contributed by atoms with Gasteiger partial charge in [0.2, 0.25) is 5.88 Å². The molecule has 0 bridgehead atoms. The summed E-state index contributed by atoms with van der Waals surface area (Å²) in [5.41, 5.74) is 3.26. The van der Waals surface area contributed by atoms with E-state index in [-0.39, 0.29) is 0 Å². The fraction of sp³-hybridized carbons (Fsp3) is 0.333. The lowest BCUT2D eigenvalue weighted by molar-refractivity contribution is 0.393. The first-order valence-corrected chi connectivity index (χ1v) is 11.0. The van der Waals surface area contributed by atoms with Gasteiger partial charge in [0.25, 0.3) is 0 Å². The van der Waals surface area contributed by atoms with Gasteiger partial charge in [0.15, 0.2) is 5.16 Å². The van der Waals surface area contributed by atoms with Crippen LogP contribution in [0.5, 0.6) is 23.1 Å². The van der Waals surface area contributed by atoms with E-state index in [1.807, 2.05) is 36.4 Å². The number of ether oxygens (including phenoxy) is 3. The molecular formula is C24H28N2O3S. The molecule has 158 valence electrons.